The summed E-state index contributed by atoms with van der Waals surface area (Å²) < 4.78 is 11.7. The number of rotatable bonds is 8. The van der Waals surface area contributed by atoms with Gasteiger partial charge in [0.15, 0.2) is 11.5 Å². The zero-order valence-corrected chi connectivity index (χ0v) is 12.7. The molecule has 0 amide bonds. The van der Waals surface area contributed by atoms with Gasteiger partial charge in [0.25, 0.3) is 0 Å². The van der Waals surface area contributed by atoms with Gasteiger partial charge in [-0.1, -0.05) is 44.7 Å². The monoisotopic (exact) mass is 277 g/mol. The van der Waals surface area contributed by atoms with Crippen LogP contribution in [0.15, 0.2) is 24.3 Å². The van der Waals surface area contributed by atoms with Gasteiger partial charge in [-0.05, 0) is 25.5 Å². The fourth-order valence-corrected chi connectivity index (χ4v) is 2.48. The van der Waals surface area contributed by atoms with Crippen molar-refractivity contribution in [2.45, 2.75) is 58.1 Å². The molecule has 1 aliphatic rings. The highest BCUT2D eigenvalue weighted by Gasteiger charge is 2.20. The van der Waals surface area contributed by atoms with Crippen molar-refractivity contribution >= 4 is 0 Å². The molecule has 1 aromatic rings. The Morgan fingerprint density at radius 3 is 2.80 bits per heavy atom. The van der Waals surface area contributed by atoms with Crippen LogP contribution >= 0.6 is 0 Å². The molecular weight excluding hydrogens is 250 g/mol. The quantitative estimate of drug-likeness (QED) is 0.734. The van der Waals surface area contributed by atoms with Gasteiger partial charge in [-0.25, -0.2) is 0 Å². The number of unbranched alkanes of at least 4 members (excludes halogenated alkanes) is 3. The predicted octanol–water partition coefficient (Wildman–Crippen LogP) is 3.77. The van der Waals surface area contributed by atoms with Crippen LogP contribution < -0.4 is 14.8 Å². The Morgan fingerprint density at radius 2 is 2.00 bits per heavy atom. The number of hydrogen-bond donors (Lipinski definition) is 1. The number of hydrogen-bond acceptors (Lipinski definition) is 3. The highest BCUT2D eigenvalue weighted by molar-refractivity contribution is 5.40. The first-order valence-electron chi connectivity index (χ1n) is 7.91. The van der Waals surface area contributed by atoms with Gasteiger partial charge in [0.1, 0.15) is 12.7 Å². The highest BCUT2D eigenvalue weighted by atomic mass is 16.6. The number of fused-ring (bicyclic) bond motifs is 1. The maximum atomic E-state index is 5.94. The predicted molar refractivity (Wildman–Crippen MR) is 82.6 cm³/mol. The lowest BCUT2D eigenvalue weighted by molar-refractivity contribution is 0.0883. The van der Waals surface area contributed by atoms with Crippen LogP contribution in [-0.2, 0) is 0 Å². The second-order valence-corrected chi connectivity index (χ2v) is 5.66. The molecule has 2 rings (SSSR count). The van der Waals surface area contributed by atoms with E-state index in [-0.39, 0.29) is 6.10 Å². The van der Waals surface area contributed by atoms with Crippen LogP contribution in [0, 0.1) is 0 Å². The second-order valence-electron chi connectivity index (χ2n) is 5.66. The lowest BCUT2D eigenvalue weighted by Crippen LogP contribution is -2.41. The van der Waals surface area contributed by atoms with E-state index in [1.165, 1.54) is 32.1 Å². The molecule has 0 fully saturated rings. The standard InChI is InChI=1S/C17H27NO2/c1-3-4-5-6-9-14(2)18-12-15-13-19-16-10-7-8-11-17(16)20-15/h7-8,10-11,14-15,18H,3-6,9,12-13H2,1-2H3. The fourth-order valence-electron chi connectivity index (χ4n) is 2.48. The third-order valence-electron chi connectivity index (χ3n) is 3.75. The average Bonchev–Trinajstić information content (AvgIpc) is 2.49. The Balaban J connectivity index is 1.65. The van der Waals surface area contributed by atoms with Gasteiger partial charge in [0.2, 0.25) is 0 Å². The molecule has 0 bridgehead atoms. The van der Waals surface area contributed by atoms with Gasteiger partial charge in [-0.15, -0.1) is 0 Å². The average molecular weight is 277 g/mol. The van der Waals surface area contributed by atoms with E-state index in [1.54, 1.807) is 0 Å². The van der Waals surface area contributed by atoms with Crippen molar-refractivity contribution in [2.75, 3.05) is 13.2 Å². The van der Waals surface area contributed by atoms with Gasteiger partial charge < -0.3 is 14.8 Å². The first-order chi connectivity index (χ1) is 9.79. The summed E-state index contributed by atoms with van der Waals surface area (Å²) in [6.45, 7) is 5.99. The summed E-state index contributed by atoms with van der Waals surface area (Å²) >= 11 is 0. The molecule has 0 aromatic heterocycles. The van der Waals surface area contributed by atoms with E-state index in [9.17, 15) is 0 Å². The van der Waals surface area contributed by atoms with Crippen LogP contribution in [0.5, 0.6) is 11.5 Å². The van der Waals surface area contributed by atoms with Crippen molar-refractivity contribution in [1.29, 1.82) is 0 Å². The molecule has 1 N–H and O–H groups in total. The maximum absolute atomic E-state index is 5.94. The van der Waals surface area contributed by atoms with Crippen LogP contribution in [0.4, 0.5) is 0 Å². The molecule has 2 unspecified atom stereocenters. The van der Waals surface area contributed by atoms with Crippen molar-refractivity contribution in [1.82, 2.24) is 5.32 Å². The van der Waals surface area contributed by atoms with Crippen LogP contribution in [0.2, 0.25) is 0 Å². The van der Waals surface area contributed by atoms with Crippen molar-refractivity contribution in [3.8, 4) is 11.5 Å². The van der Waals surface area contributed by atoms with Gasteiger partial charge in [-0.3, -0.25) is 0 Å². The summed E-state index contributed by atoms with van der Waals surface area (Å²) in [5.74, 6) is 1.72. The van der Waals surface area contributed by atoms with E-state index < -0.39 is 0 Å². The van der Waals surface area contributed by atoms with Crippen molar-refractivity contribution < 1.29 is 9.47 Å². The molecule has 1 heterocycles. The molecule has 3 heteroatoms. The molecule has 3 nitrogen and oxygen atoms in total. The molecule has 1 aromatic carbocycles. The SMILES string of the molecule is CCCCCCC(C)NCC1COc2ccccc2O1. The number of nitrogens with one attached hydrogen (secondary N) is 1. The first-order valence-corrected chi connectivity index (χ1v) is 7.91. The van der Waals surface area contributed by atoms with Gasteiger partial charge in [-0.2, -0.15) is 0 Å². The topological polar surface area (TPSA) is 30.5 Å². The Morgan fingerprint density at radius 1 is 1.20 bits per heavy atom. The smallest absolute Gasteiger partial charge is 0.161 e. The lowest BCUT2D eigenvalue weighted by atomic mass is 10.1. The summed E-state index contributed by atoms with van der Waals surface area (Å²) in [4.78, 5) is 0. The first kappa shape index (κ1) is 15.2. The fraction of sp³-hybridized carbons (Fsp3) is 0.647. The highest BCUT2D eigenvalue weighted by Crippen LogP contribution is 2.30. The normalized spacial score (nSPS) is 18.8. The zero-order valence-electron chi connectivity index (χ0n) is 12.7. The molecule has 0 aliphatic carbocycles. The molecule has 0 saturated heterocycles. The van der Waals surface area contributed by atoms with E-state index >= 15 is 0 Å². The van der Waals surface area contributed by atoms with E-state index in [0.29, 0.717) is 12.6 Å². The molecule has 112 valence electrons. The van der Waals surface area contributed by atoms with Gasteiger partial charge in [0, 0.05) is 12.6 Å². The largest absolute Gasteiger partial charge is 0.486 e. The lowest BCUT2D eigenvalue weighted by Gasteiger charge is -2.27. The number of para-hydroxylation sites is 2. The molecule has 0 spiro atoms. The minimum atomic E-state index is 0.114. The van der Waals surface area contributed by atoms with E-state index in [1.807, 2.05) is 24.3 Å². The van der Waals surface area contributed by atoms with Crippen LogP contribution in [0.1, 0.15) is 46.0 Å². The maximum Gasteiger partial charge on any atom is 0.161 e. The van der Waals surface area contributed by atoms with Crippen molar-refractivity contribution in [3.63, 3.8) is 0 Å². The summed E-state index contributed by atoms with van der Waals surface area (Å²) in [6.07, 6.45) is 6.66. The molecule has 2 atom stereocenters. The zero-order chi connectivity index (χ0) is 14.2. The van der Waals surface area contributed by atoms with Crippen LogP contribution in [0.25, 0.3) is 0 Å². The van der Waals surface area contributed by atoms with Crippen LogP contribution in [-0.4, -0.2) is 25.3 Å². The Labute approximate surface area is 122 Å². The summed E-state index contributed by atoms with van der Waals surface area (Å²) in [5, 5.41) is 3.56. The minimum absolute atomic E-state index is 0.114. The van der Waals surface area contributed by atoms with Gasteiger partial charge in [0.05, 0.1) is 0 Å². The Hall–Kier alpha value is -1.22. The molecule has 0 saturated carbocycles. The molecule has 1 aliphatic heterocycles. The number of ether oxygens (including phenoxy) is 2. The van der Waals surface area contributed by atoms with E-state index in [0.717, 1.165) is 18.0 Å². The van der Waals surface area contributed by atoms with E-state index in [2.05, 4.69) is 19.2 Å². The third-order valence-corrected chi connectivity index (χ3v) is 3.75. The van der Waals surface area contributed by atoms with Gasteiger partial charge >= 0.3 is 0 Å². The minimum Gasteiger partial charge on any atom is -0.486 e. The molecular formula is C17H27NO2. The summed E-state index contributed by atoms with van der Waals surface area (Å²) in [5.41, 5.74) is 0. The van der Waals surface area contributed by atoms with Crippen LogP contribution in [0.3, 0.4) is 0 Å². The third kappa shape index (κ3) is 4.71. The Kier molecular flexibility index (Phi) is 6.19. The molecule has 20 heavy (non-hydrogen) atoms. The van der Waals surface area contributed by atoms with E-state index in [4.69, 9.17) is 9.47 Å². The summed E-state index contributed by atoms with van der Waals surface area (Å²) in [6, 6.07) is 8.42. The Bertz CT molecular complexity index is 394. The molecule has 0 radical (unpaired) electrons. The second kappa shape index (κ2) is 8.15. The number of benzene rings is 1. The van der Waals surface area contributed by atoms with Crippen molar-refractivity contribution in [2.24, 2.45) is 0 Å². The summed E-state index contributed by atoms with van der Waals surface area (Å²) in [7, 11) is 0. The van der Waals surface area contributed by atoms with Crippen molar-refractivity contribution in [3.05, 3.63) is 24.3 Å².